The minimum absolute atomic E-state index is 0.0808. The van der Waals surface area contributed by atoms with E-state index in [0.717, 1.165) is 25.2 Å². The Balaban J connectivity index is 1.39. The van der Waals surface area contributed by atoms with Crippen LogP contribution in [-0.4, -0.2) is 68.1 Å². The fourth-order valence-corrected chi connectivity index (χ4v) is 3.62. The molecule has 0 bridgehead atoms. The molecule has 0 saturated carbocycles. The Morgan fingerprint density at radius 3 is 2.88 bits per heavy atom. The molecular weight excluding hydrogens is 304 g/mol. The largest absolute Gasteiger partial charge is 0.338 e. The van der Waals surface area contributed by atoms with Crippen LogP contribution in [0.15, 0.2) is 30.3 Å². The van der Waals surface area contributed by atoms with E-state index < -0.39 is 0 Å². The van der Waals surface area contributed by atoms with Crippen LogP contribution in [0.3, 0.4) is 0 Å². The molecule has 0 spiro atoms. The van der Waals surface area contributed by atoms with E-state index in [4.69, 9.17) is 0 Å². The second kappa shape index (κ2) is 6.68. The topological polar surface area (TPSA) is 67.2 Å². The third-order valence-electron chi connectivity index (χ3n) is 4.95. The fourth-order valence-electron chi connectivity index (χ4n) is 3.62. The maximum atomic E-state index is 12.6. The molecule has 0 unspecified atom stereocenters. The van der Waals surface area contributed by atoms with Crippen LogP contribution in [0.25, 0.3) is 11.4 Å². The Bertz CT molecular complexity index is 700. The summed E-state index contributed by atoms with van der Waals surface area (Å²) in [6, 6.07) is 10.2. The number of nitrogens with zero attached hydrogens (tertiary/aromatic N) is 6. The summed E-state index contributed by atoms with van der Waals surface area (Å²) < 4.78 is 0. The van der Waals surface area contributed by atoms with Gasteiger partial charge in [0, 0.05) is 31.2 Å². The Kier molecular flexibility index (Phi) is 4.25. The molecule has 24 heavy (non-hydrogen) atoms. The molecule has 0 N–H and O–H groups in total. The normalized spacial score (nSPS) is 21.5. The highest BCUT2D eigenvalue weighted by Crippen LogP contribution is 2.21. The van der Waals surface area contributed by atoms with Gasteiger partial charge in [0.25, 0.3) is 0 Å². The molecule has 2 aromatic rings. The van der Waals surface area contributed by atoms with Gasteiger partial charge in [0.15, 0.2) is 0 Å². The number of aromatic nitrogens is 4. The number of rotatable bonds is 3. The number of benzene rings is 1. The zero-order valence-electron chi connectivity index (χ0n) is 13.7. The summed E-state index contributed by atoms with van der Waals surface area (Å²) in [5.41, 5.74) is 0.909. The lowest BCUT2D eigenvalue weighted by molar-refractivity contribution is -0.135. The van der Waals surface area contributed by atoms with Crippen LogP contribution in [0.5, 0.6) is 0 Å². The molecule has 7 heteroatoms. The third kappa shape index (κ3) is 3.17. The van der Waals surface area contributed by atoms with Crippen LogP contribution in [0.4, 0.5) is 0 Å². The molecule has 2 fully saturated rings. The van der Waals surface area contributed by atoms with Gasteiger partial charge in [-0.3, -0.25) is 9.69 Å². The van der Waals surface area contributed by atoms with Crippen LogP contribution < -0.4 is 0 Å². The molecule has 7 nitrogen and oxygen atoms in total. The van der Waals surface area contributed by atoms with Crippen molar-refractivity contribution in [1.29, 1.82) is 0 Å². The molecular formula is C17H22N6O. The number of piperidine rings is 1. The van der Waals surface area contributed by atoms with Crippen molar-refractivity contribution in [3.63, 3.8) is 0 Å². The molecule has 0 radical (unpaired) electrons. The SMILES string of the molecule is O=C(Cn1nnc(-c2ccccc2)n1)N1CCN2CCCC[C@H]2C1. The van der Waals surface area contributed by atoms with Crippen LogP contribution in [-0.2, 0) is 11.3 Å². The van der Waals surface area contributed by atoms with Crippen LogP contribution in [0.2, 0.25) is 0 Å². The number of carbonyl (C=O) groups is 1. The van der Waals surface area contributed by atoms with Crippen molar-refractivity contribution in [3.8, 4) is 11.4 Å². The van der Waals surface area contributed by atoms with Crippen molar-refractivity contribution in [1.82, 2.24) is 30.0 Å². The van der Waals surface area contributed by atoms with E-state index in [2.05, 4.69) is 20.3 Å². The first kappa shape index (κ1) is 15.3. The van der Waals surface area contributed by atoms with Crippen molar-refractivity contribution in [2.24, 2.45) is 0 Å². The molecule has 1 aromatic carbocycles. The highest BCUT2D eigenvalue weighted by molar-refractivity contribution is 5.76. The number of amides is 1. The molecule has 3 heterocycles. The minimum Gasteiger partial charge on any atom is -0.338 e. The molecule has 126 valence electrons. The van der Waals surface area contributed by atoms with Crippen molar-refractivity contribution in [2.45, 2.75) is 31.8 Å². The molecule has 0 aliphatic carbocycles. The first-order valence-corrected chi connectivity index (χ1v) is 8.65. The second-order valence-corrected chi connectivity index (χ2v) is 6.53. The monoisotopic (exact) mass is 326 g/mol. The summed E-state index contributed by atoms with van der Waals surface area (Å²) in [6.07, 6.45) is 3.76. The lowest BCUT2D eigenvalue weighted by Gasteiger charge is -2.43. The van der Waals surface area contributed by atoms with Gasteiger partial charge in [0.1, 0.15) is 6.54 Å². The fraction of sp³-hybridized carbons (Fsp3) is 0.529. The maximum absolute atomic E-state index is 12.6. The van der Waals surface area contributed by atoms with Crippen molar-refractivity contribution in [2.75, 3.05) is 26.2 Å². The van der Waals surface area contributed by atoms with Gasteiger partial charge in [0.05, 0.1) is 0 Å². The highest BCUT2D eigenvalue weighted by Gasteiger charge is 2.31. The minimum atomic E-state index is 0.0808. The maximum Gasteiger partial charge on any atom is 0.246 e. The van der Waals surface area contributed by atoms with Gasteiger partial charge in [0.2, 0.25) is 11.7 Å². The van der Waals surface area contributed by atoms with Gasteiger partial charge in [-0.15, -0.1) is 10.2 Å². The van der Waals surface area contributed by atoms with E-state index in [1.807, 2.05) is 35.2 Å². The zero-order chi connectivity index (χ0) is 16.4. The smallest absolute Gasteiger partial charge is 0.246 e. The third-order valence-corrected chi connectivity index (χ3v) is 4.95. The molecule has 2 saturated heterocycles. The van der Waals surface area contributed by atoms with Gasteiger partial charge >= 0.3 is 0 Å². The van der Waals surface area contributed by atoms with Crippen LogP contribution >= 0.6 is 0 Å². The summed E-state index contributed by atoms with van der Waals surface area (Å²) in [4.78, 5) is 18.4. The quantitative estimate of drug-likeness (QED) is 0.843. The Morgan fingerprint density at radius 1 is 1.12 bits per heavy atom. The number of carbonyl (C=O) groups excluding carboxylic acids is 1. The first-order valence-electron chi connectivity index (χ1n) is 8.65. The average Bonchev–Trinajstić information content (AvgIpc) is 3.10. The van der Waals surface area contributed by atoms with Gasteiger partial charge < -0.3 is 4.90 Å². The van der Waals surface area contributed by atoms with Crippen molar-refractivity contribution >= 4 is 5.91 Å². The highest BCUT2D eigenvalue weighted by atomic mass is 16.2. The van der Waals surface area contributed by atoms with Gasteiger partial charge in [-0.25, -0.2) is 0 Å². The number of hydrogen-bond acceptors (Lipinski definition) is 5. The predicted octanol–water partition coefficient (Wildman–Crippen LogP) is 1.04. The van der Waals surface area contributed by atoms with E-state index >= 15 is 0 Å². The molecule has 2 aliphatic rings. The lowest BCUT2D eigenvalue weighted by Crippen LogP contribution is -2.56. The number of tetrazole rings is 1. The lowest BCUT2D eigenvalue weighted by atomic mass is 9.99. The molecule has 2 aliphatic heterocycles. The predicted molar refractivity (Wildman–Crippen MR) is 89.0 cm³/mol. The summed E-state index contributed by atoms with van der Waals surface area (Å²) in [5, 5.41) is 12.4. The van der Waals surface area contributed by atoms with Crippen LogP contribution in [0, 0.1) is 0 Å². The second-order valence-electron chi connectivity index (χ2n) is 6.53. The van der Waals surface area contributed by atoms with E-state index in [1.54, 1.807) is 0 Å². The van der Waals surface area contributed by atoms with E-state index in [1.165, 1.54) is 30.6 Å². The summed E-state index contributed by atoms with van der Waals surface area (Å²) in [7, 11) is 0. The van der Waals surface area contributed by atoms with Crippen LogP contribution in [0.1, 0.15) is 19.3 Å². The molecule has 1 atom stereocenters. The van der Waals surface area contributed by atoms with Gasteiger partial charge in [-0.2, -0.15) is 4.80 Å². The Hall–Kier alpha value is -2.28. The molecule has 1 amide bonds. The molecule has 4 rings (SSSR count). The van der Waals surface area contributed by atoms with E-state index in [0.29, 0.717) is 11.9 Å². The summed E-state index contributed by atoms with van der Waals surface area (Å²) >= 11 is 0. The molecule has 1 aromatic heterocycles. The summed E-state index contributed by atoms with van der Waals surface area (Å²) in [5.74, 6) is 0.637. The Morgan fingerprint density at radius 2 is 2.00 bits per heavy atom. The standard InChI is InChI=1S/C17H22N6O/c24-16(22-11-10-21-9-5-4-8-15(21)12-22)13-23-19-17(18-20-23)14-6-2-1-3-7-14/h1-3,6-7,15H,4-5,8-13H2/t15-/m0/s1. The van der Waals surface area contributed by atoms with E-state index in [-0.39, 0.29) is 12.5 Å². The van der Waals surface area contributed by atoms with E-state index in [9.17, 15) is 4.79 Å². The average molecular weight is 326 g/mol. The van der Waals surface area contributed by atoms with Crippen molar-refractivity contribution < 1.29 is 4.79 Å². The van der Waals surface area contributed by atoms with Crippen molar-refractivity contribution in [3.05, 3.63) is 30.3 Å². The number of piperazine rings is 1. The zero-order valence-corrected chi connectivity index (χ0v) is 13.7. The summed E-state index contributed by atoms with van der Waals surface area (Å²) in [6.45, 7) is 3.95. The number of hydrogen-bond donors (Lipinski definition) is 0. The number of fused-ring (bicyclic) bond motifs is 1. The first-order chi connectivity index (χ1) is 11.8. The Labute approximate surface area is 141 Å². The van der Waals surface area contributed by atoms with Gasteiger partial charge in [-0.1, -0.05) is 36.8 Å². The van der Waals surface area contributed by atoms with Gasteiger partial charge in [-0.05, 0) is 24.6 Å².